The predicted octanol–water partition coefficient (Wildman–Crippen LogP) is 3.32. The lowest BCUT2D eigenvalue weighted by molar-refractivity contribution is -0.145. The van der Waals surface area contributed by atoms with Gasteiger partial charge in [0.15, 0.2) is 5.60 Å². The largest absolute Gasteiger partial charge is 0.511 e. The number of aliphatic hydroxyl groups excluding tert-OH is 1. The smallest absolute Gasteiger partial charge is 0.255 e. The third kappa shape index (κ3) is 2.96. The molecule has 2 aromatic carbocycles. The molecule has 1 amide bonds. The van der Waals surface area contributed by atoms with Gasteiger partial charge in [0.1, 0.15) is 28.6 Å². The number of ketones is 2. The summed E-state index contributed by atoms with van der Waals surface area (Å²) in [6.45, 7) is 6.36. The molecule has 0 bridgehead atoms. The van der Waals surface area contributed by atoms with Crippen molar-refractivity contribution in [3.8, 4) is 17.2 Å². The number of fused-ring (bicyclic) bond motifs is 4. The fraction of sp³-hybridized carbons (Fsp3) is 0.452. The molecule has 4 aliphatic carbocycles. The van der Waals surface area contributed by atoms with Gasteiger partial charge in [0, 0.05) is 41.9 Å². The highest BCUT2D eigenvalue weighted by Gasteiger charge is 2.64. The number of benzene rings is 2. The molecule has 0 aromatic heterocycles. The van der Waals surface area contributed by atoms with Crippen LogP contribution in [0.5, 0.6) is 17.2 Å². The molecule has 0 saturated heterocycles. The number of Topliss-reactive ketones (excluding diaryl/α,β-unsaturated/α-hetero) is 2. The van der Waals surface area contributed by atoms with Crippen molar-refractivity contribution in [2.24, 2.45) is 17.1 Å². The molecule has 0 saturated carbocycles. The summed E-state index contributed by atoms with van der Waals surface area (Å²) in [6.07, 6.45) is 2.67. The van der Waals surface area contributed by atoms with Crippen molar-refractivity contribution in [3.63, 3.8) is 0 Å². The second kappa shape index (κ2) is 8.33. The van der Waals surface area contributed by atoms with Crippen LogP contribution in [0.25, 0.3) is 10.8 Å². The summed E-state index contributed by atoms with van der Waals surface area (Å²) in [7, 11) is 2.86. The highest BCUT2D eigenvalue weighted by molar-refractivity contribution is 6.33. The van der Waals surface area contributed by atoms with E-state index in [1.54, 1.807) is 0 Å². The zero-order chi connectivity index (χ0) is 30.0. The number of hydrogen-bond acceptors (Lipinski definition) is 9. The van der Waals surface area contributed by atoms with Gasteiger partial charge in [-0.1, -0.05) is 25.5 Å². The summed E-state index contributed by atoms with van der Waals surface area (Å²) in [6, 6.07) is 1.41. The fourth-order valence-corrected chi connectivity index (χ4v) is 8.35. The number of aliphatic hydroxyl groups is 2. The van der Waals surface area contributed by atoms with Gasteiger partial charge < -0.3 is 35.6 Å². The number of ether oxygens (including phenoxy) is 2. The van der Waals surface area contributed by atoms with Gasteiger partial charge in [-0.15, -0.1) is 0 Å². The molecule has 41 heavy (non-hydrogen) atoms. The molecular formula is C31H33NO9. The number of carbonyl (C=O) groups excluding carboxylic acids is 3. The van der Waals surface area contributed by atoms with Crippen molar-refractivity contribution in [1.82, 2.24) is 0 Å². The Morgan fingerprint density at radius 3 is 2.37 bits per heavy atom. The molecule has 10 heteroatoms. The zero-order valence-corrected chi connectivity index (χ0v) is 23.5. The van der Waals surface area contributed by atoms with E-state index < -0.39 is 64.0 Å². The number of amides is 1. The Bertz CT molecular complexity index is 1680. The summed E-state index contributed by atoms with van der Waals surface area (Å²) in [5, 5.41) is 45.9. The summed E-state index contributed by atoms with van der Waals surface area (Å²) >= 11 is 0. The molecule has 2 aromatic rings. The Balaban J connectivity index is 1.77. The number of phenols is 2. The van der Waals surface area contributed by atoms with Gasteiger partial charge in [-0.05, 0) is 42.7 Å². The Hall–Kier alpha value is -3.89. The molecule has 0 radical (unpaired) electrons. The van der Waals surface area contributed by atoms with Gasteiger partial charge in [0.25, 0.3) is 5.91 Å². The molecule has 4 aliphatic rings. The number of hydrogen-bond donors (Lipinski definition) is 5. The fourth-order valence-electron chi connectivity index (χ4n) is 8.35. The first-order chi connectivity index (χ1) is 19.2. The molecule has 6 rings (SSSR count). The van der Waals surface area contributed by atoms with E-state index in [1.807, 2.05) is 6.92 Å². The van der Waals surface area contributed by atoms with Crippen LogP contribution in [0.15, 0.2) is 29.0 Å². The van der Waals surface area contributed by atoms with E-state index in [0.29, 0.717) is 23.1 Å². The number of aromatic hydroxyl groups is 2. The lowest BCUT2D eigenvalue weighted by Crippen LogP contribution is -2.61. The van der Waals surface area contributed by atoms with Crippen LogP contribution in [0.4, 0.5) is 0 Å². The third-order valence-corrected chi connectivity index (χ3v) is 10.3. The van der Waals surface area contributed by atoms with Crippen LogP contribution >= 0.6 is 0 Å². The van der Waals surface area contributed by atoms with Crippen LogP contribution in [0.2, 0.25) is 0 Å². The zero-order valence-electron chi connectivity index (χ0n) is 23.5. The molecule has 10 nitrogen and oxygen atoms in total. The van der Waals surface area contributed by atoms with E-state index in [-0.39, 0.29) is 27.7 Å². The molecule has 216 valence electrons. The lowest BCUT2D eigenvalue weighted by atomic mass is 9.54. The quantitative estimate of drug-likeness (QED) is 0.213. The number of primary amides is 1. The monoisotopic (exact) mass is 563 g/mol. The van der Waals surface area contributed by atoms with Gasteiger partial charge in [0.05, 0.1) is 24.2 Å². The minimum atomic E-state index is -2.84. The minimum absolute atomic E-state index is 0.00243. The summed E-state index contributed by atoms with van der Waals surface area (Å²) in [5.41, 5.74) is 3.07. The maximum Gasteiger partial charge on any atom is 0.255 e. The first-order valence-electron chi connectivity index (χ1n) is 13.6. The highest BCUT2D eigenvalue weighted by atomic mass is 16.5. The summed E-state index contributed by atoms with van der Waals surface area (Å²) in [5.74, 6) is -6.25. The van der Waals surface area contributed by atoms with E-state index in [2.05, 4.69) is 19.9 Å². The standard InChI is InChI=1S/C31H33NO9/c1-12-7-6-8-29(2,3)30(12)11-13-18-20(16(34)10-17(40-4)23(18)30)24(35)22-19(13)25(41-5)14-9-15(33)21(28(32)38)26(36)31(14,39)27(22)37/h7,10,14,25,33-35,39H,6,8-9,11H2,1-5H3,(H2,32,38)/t14-,25+,30+,31-/m0/s1. The first kappa shape index (κ1) is 27.3. The minimum Gasteiger partial charge on any atom is -0.511 e. The molecule has 0 heterocycles. The number of methoxy groups -OCH3 is 2. The van der Waals surface area contributed by atoms with Crippen LogP contribution in [-0.4, -0.2) is 57.7 Å². The molecule has 1 spiro atoms. The molecule has 0 unspecified atom stereocenters. The maximum absolute atomic E-state index is 14.2. The van der Waals surface area contributed by atoms with Crippen molar-refractivity contribution in [2.75, 3.05) is 14.2 Å². The molecule has 6 N–H and O–H groups in total. The Labute approximate surface area is 236 Å². The SMILES string of the molecule is COc1cc(O)c2c(O)c3c(c4c2c1[C@@]1(C4)C(C)=CCCC1(C)C)[C@H](OC)[C@@H]1CC(O)=C(C(N)=O)C(=O)[C@]1(O)C3=O. The van der Waals surface area contributed by atoms with Gasteiger partial charge in [-0.2, -0.15) is 0 Å². The van der Waals surface area contributed by atoms with Gasteiger partial charge in [-0.25, -0.2) is 0 Å². The number of rotatable bonds is 3. The van der Waals surface area contributed by atoms with Crippen LogP contribution in [0.3, 0.4) is 0 Å². The second-order valence-corrected chi connectivity index (χ2v) is 12.3. The molecule has 0 fully saturated rings. The van der Waals surface area contributed by atoms with Crippen LogP contribution < -0.4 is 10.5 Å². The Morgan fingerprint density at radius 2 is 1.78 bits per heavy atom. The van der Waals surface area contributed by atoms with Crippen molar-refractivity contribution in [1.29, 1.82) is 0 Å². The lowest BCUT2D eigenvalue weighted by Gasteiger charge is -2.49. The van der Waals surface area contributed by atoms with E-state index in [1.165, 1.54) is 20.3 Å². The first-order valence-corrected chi connectivity index (χ1v) is 13.6. The average molecular weight is 564 g/mol. The van der Waals surface area contributed by atoms with E-state index in [0.717, 1.165) is 24.0 Å². The number of nitrogens with two attached hydrogens (primary N) is 1. The molecule has 4 atom stereocenters. The Kier molecular flexibility index (Phi) is 5.54. The number of carbonyl (C=O) groups is 3. The molecular weight excluding hydrogens is 530 g/mol. The van der Waals surface area contributed by atoms with Crippen LogP contribution in [0.1, 0.15) is 73.2 Å². The van der Waals surface area contributed by atoms with Crippen molar-refractivity contribution >= 4 is 28.2 Å². The van der Waals surface area contributed by atoms with Gasteiger partial charge >= 0.3 is 0 Å². The van der Waals surface area contributed by atoms with Crippen LogP contribution in [-0.2, 0) is 26.2 Å². The molecule has 0 aliphatic heterocycles. The maximum atomic E-state index is 14.2. The van der Waals surface area contributed by atoms with Crippen molar-refractivity contribution in [2.45, 2.75) is 63.6 Å². The highest BCUT2D eigenvalue weighted by Crippen LogP contribution is 2.66. The van der Waals surface area contributed by atoms with Crippen molar-refractivity contribution in [3.05, 3.63) is 51.3 Å². The van der Waals surface area contributed by atoms with Crippen LogP contribution in [0, 0.1) is 11.3 Å². The summed E-state index contributed by atoms with van der Waals surface area (Å²) < 4.78 is 11.7. The second-order valence-electron chi connectivity index (χ2n) is 12.3. The predicted molar refractivity (Wildman–Crippen MR) is 147 cm³/mol. The van der Waals surface area contributed by atoms with Crippen molar-refractivity contribution < 1.29 is 44.3 Å². The van der Waals surface area contributed by atoms with E-state index in [4.69, 9.17) is 15.2 Å². The topological polar surface area (TPSA) is 177 Å². The summed E-state index contributed by atoms with van der Waals surface area (Å²) in [4.78, 5) is 39.7. The van der Waals surface area contributed by atoms with E-state index in [9.17, 15) is 34.8 Å². The number of allylic oxidation sites excluding steroid dienone is 3. The van der Waals surface area contributed by atoms with E-state index >= 15 is 0 Å². The average Bonchev–Trinajstić information content (AvgIpc) is 3.26. The third-order valence-electron chi connectivity index (χ3n) is 10.3. The Morgan fingerprint density at radius 1 is 1.10 bits per heavy atom. The number of phenolic OH excluding ortho intramolecular Hbond substituents is 2. The normalized spacial score (nSPS) is 30.0. The van der Waals surface area contributed by atoms with Gasteiger partial charge in [0.2, 0.25) is 11.6 Å². The van der Waals surface area contributed by atoms with Gasteiger partial charge in [-0.3, -0.25) is 14.4 Å².